The Morgan fingerprint density at radius 2 is 2.00 bits per heavy atom. The summed E-state index contributed by atoms with van der Waals surface area (Å²) in [6.07, 6.45) is 0. The molecule has 0 bridgehead atoms. The lowest BCUT2D eigenvalue weighted by atomic mass is 10.1. The van der Waals surface area contributed by atoms with Crippen molar-refractivity contribution in [1.82, 2.24) is 10.2 Å². The van der Waals surface area contributed by atoms with Crippen LogP contribution in [0.5, 0.6) is 11.5 Å². The minimum absolute atomic E-state index is 0.0476. The standard InChI is InChI=1S/C20H26N2O4S/c1-5-22(12-16-7-6-10-27-16)20(24)15-8-9-17(18(11-15)25-4)26-13-19(23)21-14(2)3/h6-11,14H,5,12-13H2,1-4H3,(H,21,23). The van der Waals surface area contributed by atoms with E-state index in [9.17, 15) is 9.59 Å². The highest BCUT2D eigenvalue weighted by molar-refractivity contribution is 7.09. The van der Waals surface area contributed by atoms with Crippen molar-refractivity contribution in [2.24, 2.45) is 0 Å². The second-order valence-corrected chi connectivity index (χ2v) is 7.31. The van der Waals surface area contributed by atoms with E-state index in [0.717, 1.165) is 4.88 Å². The van der Waals surface area contributed by atoms with Gasteiger partial charge in [-0.3, -0.25) is 9.59 Å². The first-order valence-corrected chi connectivity index (χ1v) is 9.74. The molecular formula is C20H26N2O4S. The Morgan fingerprint density at radius 1 is 1.22 bits per heavy atom. The predicted molar refractivity (Wildman–Crippen MR) is 107 cm³/mol. The van der Waals surface area contributed by atoms with E-state index in [2.05, 4.69) is 5.32 Å². The van der Waals surface area contributed by atoms with Crippen LogP contribution in [0.25, 0.3) is 0 Å². The fourth-order valence-corrected chi connectivity index (χ4v) is 3.25. The van der Waals surface area contributed by atoms with Gasteiger partial charge in [0.1, 0.15) is 0 Å². The molecular weight excluding hydrogens is 364 g/mol. The minimum Gasteiger partial charge on any atom is -0.493 e. The summed E-state index contributed by atoms with van der Waals surface area (Å²) in [5, 5.41) is 4.76. The quantitative estimate of drug-likeness (QED) is 0.713. The first-order valence-electron chi connectivity index (χ1n) is 8.86. The average molecular weight is 391 g/mol. The monoisotopic (exact) mass is 390 g/mol. The number of hydrogen-bond donors (Lipinski definition) is 1. The Morgan fingerprint density at radius 3 is 2.59 bits per heavy atom. The molecule has 7 heteroatoms. The molecule has 0 aliphatic rings. The summed E-state index contributed by atoms with van der Waals surface area (Å²) in [5.41, 5.74) is 0.518. The molecule has 0 unspecified atom stereocenters. The number of nitrogens with one attached hydrogen (secondary N) is 1. The highest BCUT2D eigenvalue weighted by Crippen LogP contribution is 2.29. The van der Waals surface area contributed by atoms with E-state index in [1.54, 1.807) is 34.4 Å². The van der Waals surface area contributed by atoms with E-state index in [0.29, 0.717) is 30.2 Å². The van der Waals surface area contributed by atoms with E-state index in [1.807, 2.05) is 38.3 Å². The highest BCUT2D eigenvalue weighted by atomic mass is 32.1. The van der Waals surface area contributed by atoms with Crippen LogP contribution in [0, 0.1) is 0 Å². The lowest BCUT2D eigenvalue weighted by Crippen LogP contribution is -2.34. The zero-order chi connectivity index (χ0) is 19.8. The largest absolute Gasteiger partial charge is 0.493 e. The molecule has 0 fully saturated rings. The molecule has 1 heterocycles. The first-order chi connectivity index (χ1) is 12.9. The minimum atomic E-state index is -0.208. The van der Waals surface area contributed by atoms with Crippen molar-refractivity contribution < 1.29 is 19.1 Å². The molecule has 1 N–H and O–H groups in total. The molecule has 0 atom stereocenters. The average Bonchev–Trinajstić information content (AvgIpc) is 3.16. The molecule has 0 spiro atoms. The van der Waals surface area contributed by atoms with Gasteiger partial charge in [-0.15, -0.1) is 11.3 Å². The predicted octanol–water partition coefficient (Wildman–Crippen LogP) is 3.32. The van der Waals surface area contributed by atoms with E-state index in [-0.39, 0.29) is 24.5 Å². The number of hydrogen-bond acceptors (Lipinski definition) is 5. The van der Waals surface area contributed by atoms with Gasteiger partial charge < -0.3 is 19.7 Å². The molecule has 2 rings (SSSR count). The van der Waals surface area contributed by atoms with E-state index >= 15 is 0 Å². The Kier molecular flexibility index (Phi) is 7.67. The third-order valence-corrected chi connectivity index (χ3v) is 4.68. The van der Waals surface area contributed by atoms with Crippen LogP contribution in [0.4, 0.5) is 0 Å². The van der Waals surface area contributed by atoms with E-state index in [1.165, 1.54) is 7.11 Å². The van der Waals surface area contributed by atoms with Crippen LogP contribution in [0.15, 0.2) is 35.7 Å². The number of nitrogens with zero attached hydrogens (tertiary/aromatic N) is 1. The molecule has 146 valence electrons. The third-order valence-electron chi connectivity index (χ3n) is 3.81. The van der Waals surface area contributed by atoms with Gasteiger partial charge in [-0.25, -0.2) is 0 Å². The second-order valence-electron chi connectivity index (χ2n) is 6.28. The van der Waals surface area contributed by atoms with Gasteiger partial charge >= 0.3 is 0 Å². The molecule has 0 saturated carbocycles. The van der Waals surface area contributed by atoms with Crippen molar-refractivity contribution in [2.75, 3.05) is 20.3 Å². The summed E-state index contributed by atoms with van der Waals surface area (Å²) in [4.78, 5) is 27.5. The molecule has 0 aliphatic heterocycles. The number of amides is 2. The lowest BCUT2D eigenvalue weighted by molar-refractivity contribution is -0.123. The van der Waals surface area contributed by atoms with Gasteiger partial charge in [0.05, 0.1) is 13.7 Å². The van der Waals surface area contributed by atoms with Gasteiger partial charge in [-0.05, 0) is 50.4 Å². The Hall–Kier alpha value is -2.54. The van der Waals surface area contributed by atoms with Gasteiger partial charge in [-0.2, -0.15) is 0 Å². The van der Waals surface area contributed by atoms with Gasteiger partial charge in [0.2, 0.25) is 0 Å². The van der Waals surface area contributed by atoms with Crippen molar-refractivity contribution in [2.45, 2.75) is 33.4 Å². The maximum absolute atomic E-state index is 12.8. The van der Waals surface area contributed by atoms with Crippen LogP contribution in [0.2, 0.25) is 0 Å². The van der Waals surface area contributed by atoms with Crippen molar-refractivity contribution in [3.05, 3.63) is 46.2 Å². The van der Waals surface area contributed by atoms with Gasteiger partial charge in [0.25, 0.3) is 11.8 Å². The molecule has 2 aromatic rings. The number of benzene rings is 1. The van der Waals surface area contributed by atoms with E-state index in [4.69, 9.17) is 9.47 Å². The molecule has 6 nitrogen and oxygen atoms in total. The molecule has 0 aliphatic carbocycles. The van der Waals surface area contributed by atoms with Crippen molar-refractivity contribution in [1.29, 1.82) is 0 Å². The molecule has 27 heavy (non-hydrogen) atoms. The fraction of sp³-hybridized carbons (Fsp3) is 0.400. The fourth-order valence-electron chi connectivity index (χ4n) is 2.53. The van der Waals surface area contributed by atoms with Crippen molar-refractivity contribution >= 4 is 23.2 Å². The van der Waals surface area contributed by atoms with Crippen LogP contribution in [-0.2, 0) is 11.3 Å². The summed E-state index contributed by atoms with van der Waals surface area (Å²) in [6, 6.07) is 9.04. The molecule has 1 aromatic carbocycles. The van der Waals surface area contributed by atoms with Gasteiger partial charge in [-0.1, -0.05) is 6.07 Å². The summed E-state index contributed by atoms with van der Waals surface area (Å²) < 4.78 is 10.9. The number of carbonyl (C=O) groups is 2. The molecule has 0 saturated heterocycles. The topological polar surface area (TPSA) is 67.9 Å². The Balaban J connectivity index is 2.09. The molecule has 2 amide bonds. The highest BCUT2D eigenvalue weighted by Gasteiger charge is 2.18. The Bertz CT molecular complexity index is 759. The zero-order valence-corrected chi connectivity index (χ0v) is 17.0. The summed E-state index contributed by atoms with van der Waals surface area (Å²) >= 11 is 1.63. The summed E-state index contributed by atoms with van der Waals surface area (Å²) in [7, 11) is 1.51. The molecule has 1 aromatic heterocycles. The van der Waals surface area contributed by atoms with Gasteiger partial charge in [0, 0.05) is 23.0 Å². The normalized spacial score (nSPS) is 10.6. The number of ether oxygens (including phenoxy) is 2. The number of rotatable bonds is 9. The smallest absolute Gasteiger partial charge is 0.258 e. The van der Waals surface area contributed by atoms with Crippen molar-refractivity contribution in [3.8, 4) is 11.5 Å². The van der Waals surface area contributed by atoms with Crippen LogP contribution >= 0.6 is 11.3 Å². The Labute approximate surface area is 164 Å². The van der Waals surface area contributed by atoms with Crippen LogP contribution in [0.1, 0.15) is 36.0 Å². The lowest BCUT2D eigenvalue weighted by Gasteiger charge is -2.21. The number of methoxy groups -OCH3 is 1. The molecule has 0 radical (unpaired) electrons. The summed E-state index contributed by atoms with van der Waals surface area (Å²) in [6.45, 7) is 6.79. The summed E-state index contributed by atoms with van der Waals surface area (Å²) in [5.74, 6) is 0.563. The van der Waals surface area contributed by atoms with Crippen molar-refractivity contribution in [3.63, 3.8) is 0 Å². The van der Waals surface area contributed by atoms with Crippen LogP contribution in [0.3, 0.4) is 0 Å². The van der Waals surface area contributed by atoms with E-state index < -0.39 is 0 Å². The van der Waals surface area contributed by atoms with Gasteiger partial charge in [0.15, 0.2) is 18.1 Å². The SMILES string of the molecule is CCN(Cc1cccs1)C(=O)c1ccc(OCC(=O)NC(C)C)c(OC)c1. The maximum Gasteiger partial charge on any atom is 0.258 e. The first kappa shape index (κ1) is 20.8. The van der Waals surface area contributed by atoms with Crippen LogP contribution in [-0.4, -0.2) is 43.0 Å². The zero-order valence-electron chi connectivity index (χ0n) is 16.2. The third kappa shape index (κ3) is 5.99. The number of thiophene rings is 1. The van der Waals surface area contributed by atoms with Crippen LogP contribution < -0.4 is 14.8 Å². The number of carbonyl (C=O) groups excluding carboxylic acids is 2. The maximum atomic E-state index is 12.8. The second kappa shape index (κ2) is 9.97.